The van der Waals surface area contributed by atoms with Crippen LogP contribution in [0.2, 0.25) is 0 Å². The fraction of sp³-hybridized carbons (Fsp3) is 0.100. The molecular formula is C10H10BrN5O2S. The summed E-state index contributed by atoms with van der Waals surface area (Å²) in [6.07, 6.45) is 0. The maximum Gasteiger partial charge on any atom is 0.343 e. The predicted octanol–water partition coefficient (Wildman–Crippen LogP) is 1.12. The van der Waals surface area contributed by atoms with Gasteiger partial charge in [0.05, 0.1) is 0 Å². The Morgan fingerprint density at radius 3 is 2.95 bits per heavy atom. The largest absolute Gasteiger partial charge is 0.409 e. The van der Waals surface area contributed by atoms with E-state index in [-0.39, 0.29) is 11.5 Å². The van der Waals surface area contributed by atoms with Crippen molar-refractivity contribution in [1.29, 1.82) is 0 Å². The Balaban J connectivity index is 2.49. The Hall–Kier alpha value is -1.74. The minimum atomic E-state index is -0.303. The summed E-state index contributed by atoms with van der Waals surface area (Å²) in [6, 6.07) is 5.38. The zero-order valence-corrected chi connectivity index (χ0v) is 12.2. The fourth-order valence-corrected chi connectivity index (χ4v) is 3.08. The van der Waals surface area contributed by atoms with Gasteiger partial charge in [0.1, 0.15) is 0 Å². The molecule has 0 spiro atoms. The van der Waals surface area contributed by atoms with Crippen LogP contribution >= 0.6 is 27.7 Å². The number of nitrogens with one attached hydrogen (secondary N) is 1. The summed E-state index contributed by atoms with van der Waals surface area (Å²) in [7, 11) is 1.61. The van der Waals surface area contributed by atoms with E-state index in [0.717, 1.165) is 0 Å². The van der Waals surface area contributed by atoms with Crippen LogP contribution < -0.4 is 11.4 Å². The number of amidine groups is 1. The van der Waals surface area contributed by atoms with E-state index in [0.29, 0.717) is 20.1 Å². The minimum absolute atomic E-state index is 0.0180. The van der Waals surface area contributed by atoms with Gasteiger partial charge in [-0.15, -0.1) is 5.10 Å². The maximum atomic E-state index is 11.3. The summed E-state index contributed by atoms with van der Waals surface area (Å²) in [5.74, 6) is -0.0180. The Labute approximate surface area is 120 Å². The number of oxime groups is 1. The average Bonchev–Trinajstić information content (AvgIpc) is 2.70. The third-order valence-electron chi connectivity index (χ3n) is 2.38. The minimum Gasteiger partial charge on any atom is -0.409 e. The molecule has 2 rings (SSSR count). The third-order valence-corrected chi connectivity index (χ3v) is 4.15. The van der Waals surface area contributed by atoms with Crippen molar-refractivity contribution in [2.75, 3.05) is 0 Å². The molecule has 19 heavy (non-hydrogen) atoms. The second kappa shape index (κ2) is 5.49. The van der Waals surface area contributed by atoms with E-state index in [9.17, 15) is 4.79 Å². The lowest BCUT2D eigenvalue weighted by atomic mass is 10.2. The lowest BCUT2D eigenvalue weighted by Crippen LogP contribution is -2.15. The van der Waals surface area contributed by atoms with Crippen molar-refractivity contribution >= 4 is 33.5 Å². The van der Waals surface area contributed by atoms with Crippen LogP contribution in [0.25, 0.3) is 0 Å². The Morgan fingerprint density at radius 1 is 1.63 bits per heavy atom. The SMILES string of the molecule is Cn1c(Sc2cccc(Br)c2/C(N)=N/O)n[nH]c1=O. The van der Waals surface area contributed by atoms with Gasteiger partial charge in [-0.25, -0.2) is 9.89 Å². The Kier molecular flexibility index (Phi) is 3.96. The van der Waals surface area contributed by atoms with Crippen molar-refractivity contribution in [3.8, 4) is 0 Å². The van der Waals surface area contributed by atoms with E-state index in [1.54, 1.807) is 19.2 Å². The number of hydrogen-bond donors (Lipinski definition) is 3. The van der Waals surface area contributed by atoms with Gasteiger partial charge < -0.3 is 10.9 Å². The van der Waals surface area contributed by atoms with Crippen molar-refractivity contribution in [1.82, 2.24) is 14.8 Å². The van der Waals surface area contributed by atoms with Crippen molar-refractivity contribution in [2.24, 2.45) is 17.9 Å². The highest BCUT2D eigenvalue weighted by Gasteiger charge is 2.15. The lowest BCUT2D eigenvalue weighted by Gasteiger charge is -2.08. The number of hydrogen-bond acceptors (Lipinski definition) is 5. The molecule has 2 aromatic rings. The van der Waals surface area contributed by atoms with Gasteiger partial charge in [0.25, 0.3) is 0 Å². The zero-order chi connectivity index (χ0) is 14.0. The van der Waals surface area contributed by atoms with E-state index in [2.05, 4.69) is 31.3 Å². The number of nitrogens with zero attached hydrogens (tertiary/aromatic N) is 3. The van der Waals surface area contributed by atoms with Gasteiger partial charge in [-0.1, -0.05) is 11.2 Å². The molecule has 0 unspecified atom stereocenters. The van der Waals surface area contributed by atoms with Crippen LogP contribution in [-0.4, -0.2) is 25.8 Å². The Morgan fingerprint density at radius 2 is 2.37 bits per heavy atom. The molecule has 0 aliphatic heterocycles. The smallest absolute Gasteiger partial charge is 0.343 e. The van der Waals surface area contributed by atoms with Gasteiger partial charge >= 0.3 is 5.69 Å². The van der Waals surface area contributed by atoms with Crippen LogP contribution in [0, 0.1) is 0 Å². The first kappa shape index (κ1) is 13.7. The zero-order valence-electron chi connectivity index (χ0n) is 9.79. The Bertz CT molecular complexity index is 693. The number of halogens is 1. The summed E-state index contributed by atoms with van der Waals surface area (Å²) in [5, 5.41) is 18.5. The molecule has 0 saturated heterocycles. The third kappa shape index (κ3) is 2.66. The molecule has 0 bridgehead atoms. The van der Waals surface area contributed by atoms with Crippen molar-refractivity contribution in [3.63, 3.8) is 0 Å². The maximum absolute atomic E-state index is 11.3. The highest BCUT2D eigenvalue weighted by molar-refractivity contribution is 9.10. The number of H-pyrrole nitrogens is 1. The molecule has 9 heteroatoms. The standard InChI is InChI=1S/C10H10BrN5O2S/c1-16-9(17)13-14-10(16)19-6-4-2-3-5(11)7(6)8(12)15-18/h2-4,18H,1H3,(H2,12,15)(H,13,17). The van der Waals surface area contributed by atoms with E-state index < -0.39 is 0 Å². The fourth-order valence-electron chi connectivity index (χ4n) is 1.41. The van der Waals surface area contributed by atoms with Crippen LogP contribution in [0.5, 0.6) is 0 Å². The summed E-state index contributed by atoms with van der Waals surface area (Å²) in [4.78, 5) is 12.0. The van der Waals surface area contributed by atoms with Crippen molar-refractivity contribution in [2.45, 2.75) is 10.1 Å². The first-order chi connectivity index (χ1) is 9.04. The van der Waals surface area contributed by atoms with E-state index in [1.807, 2.05) is 6.07 Å². The van der Waals surface area contributed by atoms with Crippen molar-refractivity contribution in [3.05, 3.63) is 38.7 Å². The van der Waals surface area contributed by atoms with Crippen LogP contribution in [0.1, 0.15) is 5.56 Å². The van der Waals surface area contributed by atoms with Gasteiger partial charge in [-0.3, -0.25) is 4.57 Å². The molecule has 1 heterocycles. The van der Waals surface area contributed by atoms with E-state index in [4.69, 9.17) is 10.9 Å². The molecule has 0 aliphatic rings. The summed E-state index contributed by atoms with van der Waals surface area (Å²) in [5.41, 5.74) is 5.90. The second-order valence-corrected chi connectivity index (χ2v) is 5.43. The monoisotopic (exact) mass is 343 g/mol. The summed E-state index contributed by atoms with van der Waals surface area (Å²) < 4.78 is 2.06. The summed E-state index contributed by atoms with van der Waals surface area (Å²) >= 11 is 4.58. The number of rotatable bonds is 3. The highest BCUT2D eigenvalue weighted by Crippen LogP contribution is 2.32. The van der Waals surface area contributed by atoms with Crippen LogP contribution in [0.4, 0.5) is 0 Å². The van der Waals surface area contributed by atoms with Crippen molar-refractivity contribution < 1.29 is 5.21 Å². The molecular weight excluding hydrogens is 334 g/mol. The number of aromatic nitrogens is 3. The molecule has 7 nitrogen and oxygen atoms in total. The molecule has 0 aliphatic carbocycles. The summed E-state index contributed by atoms with van der Waals surface area (Å²) in [6.45, 7) is 0. The molecule has 0 atom stereocenters. The highest BCUT2D eigenvalue weighted by atomic mass is 79.9. The normalized spacial score (nSPS) is 11.8. The van der Waals surface area contributed by atoms with E-state index >= 15 is 0 Å². The molecule has 0 fully saturated rings. The molecule has 4 N–H and O–H groups in total. The first-order valence-electron chi connectivity index (χ1n) is 5.10. The molecule has 0 amide bonds. The quantitative estimate of drug-likeness (QED) is 0.335. The molecule has 0 radical (unpaired) electrons. The van der Waals surface area contributed by atoms with Gasteiger partial charge in [-0.05, 0) is 39.8 Å². The topological polar surface area (TPSA) is 109 Å². The molecule has 0 saturated carbocycles. The number of benzene rings is 1. The number of aromatic amines is 1. The van der Waals surface area contributed by atoms with E-state index in [1.165, 1.54) is 16.3 Å². The van der Waals surface area contributed by atoms with Crippen LogP contribution in [0.3, 0.4) is 0 Å². The van der Waals surface area contributed by atoms with Gasteiger partial charge in [-0.2, -0.15) is 0 Å². The van der Waals surface area contributed by atoms with Gasteiger partial charge in [0, 0.05) is 22.0 Å². The number of nitrogens with two attached hydrogens (primary N) is 1. The average molecular weight is 344 g/mol. The lowest BCUT2D eigenvalue weighted by molar-refractivity contribution is 0.318. The van der Waals surface area contributed by atoms with Crippen LogP contribution in [-0.2, 0) is 7.05 Å². The van der Waals surface area contributed by atoms with Crippen LogP contribution in [0.15, 0.2) is 42.7 Å². The predicted molar refractivity (Wildman–Crippen MR) is 74.6 cm³/mol. The molecule has 1 aromatic heterocycles. The van der Waals surface area contributed by atoms with Gasteiger partial charge in [0.15, 0.2) is 11.0 Å². The first-order valence-corrected chi connectivity index (χ1v) is 6.71. The molecule has 1 aromatic carbocycles. The van der Waals surface area contributed by atoms with Gasteiger partial charge in [0.2, 0.25) is 0 Å². The second-order valence-electron chi connectivity index (χ2n) is 3.57. The molecule has 100 valence electrons.